The van der Waals surface area contributed by atoms with Gasteiger partial charge in [-0.05, 0) is 31.2 Å². The lowest BCUT2D eigenvalue weighted by molar-refractivity contribution is -0.136. The van der Waals surface area contributed by atoms with Crippen molar-refractivity contribution in [3.05, 3.63) is 24.0 Å². The molecule has 12 heteroatoms. The normalized spacial score (nSPS) is 14.4. The van der Waals surface area contributed by atoms with Gasteiger partial charge in [0.05, 0.1) is 5.56 Å². The van der Waals surface area contributed by atoms with E-state index in [0.29, 0.717) is 46.8 Å². The first-order valence-corrected chi connectivity index (χ1v) is 11.6. The van der Waals surface area contributed by atoms with Crippen LogP contribution in [0, 0.1) is 17.2 Å². The predicted molar refractivity (Wildman–Crippen MR) is 124 cm³/mol. The average Bonchev–Trinajstić information content (AvgIpc) is 3.18. The van der Waals surface area contributed by atoms with E-state index in [0.717, 1.165) is 19.3 Å². The highest BCUT2D eigenvalue weighted by atomic mass is 32.2. The molecule has 4 rings (SSSR count). The van der Waals surface area contributed by atoms with Gasteiger partial charge < -0.3 is 30.2 Å². The number of phenolic OH excluding ortho intramolecular Hbond substituents is 2. The van der Waals surface area contributed by atoms with Crippen molar-refractivity contribution in [1.29, 1.82) is 5.26 Å². The van der Waals surface area contributed by atoms with Crippen LogP contribution in [0.3, 0.4) is 0 Å². The second-order valence-electron chi connectivity index (χ2n) is 8.07. The Kier molecular flexibility index (Phi) is 7.04. The summed E-state index contributed by atoms with van der Waals surface area (Å²) in [5.41, 5.74) is 7.30. The summed E-state index contributed by atoms with van der Waals surface area (Å²) in [6, 6.07) is 4.59. The van der Waals surface area contributed by atoms with Gasteiger partial charge in [-0.2, -0.15) is 5.26 Å². The molecule has 0 radical (unpaired) electrons. The number of nitrogen functional groups attached to an aromatic ring is 1. The number of nitrogens with two attached hydrogens (primary N) is 1. The van der Waals surface area contributed by atoms with Crippen LogP contribution in [0.4, 0.5) is 5.82 Å². The van der Waals surface area contributed by atoms with Gasteiger partial charge in [-0.15, -0.1) is 0 Å². The zero-order chi connectivity index (χ0) is 24.2. The number of likely N-dealkylation sites (tertiary alicyclic amines) is 1. The van der Waals surface area contributed by atoms with Gasteiger partial charge in [0.1, 0.15) is 19.0 Å². The largest absolute Gasteiger partial charge is 0.504 e. The van der Waals surface area contributed by atoms with E-state index in [-0.39, 0.29) is 35.4 Å². The number of nitriles is 1. The zero-order valence-corrected chi connectivity index (χ0v) is 19.5. The number of hydrogen-bond donors (Lipinski definition) is 3. The number of benzene rings is 1. The highest BCUT2D eigenvalue weighted by Crippen LogP contribution is 2.38. The van der Waals surface area contributed by atoms with E-state index >= 15 is 0 Å². The lowest BCUT2D eigenvalue weighted by atomic mass is 9.93. The number of phenols is 2. The number of methoxy groups -OCH3 is 1. The lowest BCUT2D eigenvalue weighted by Gasteiger charge is -2.32. The Morgan fingerprint density at radius 2 is 2.03 bits per heavy atom. The smallest absolute Gasteiger partial charge is 0.248 e. The Hall–Kier alpha value is -3.56. The number of piperidine rings is 1. The summed E-state index contributed by atoms with van der Waals surface area (Å²) in [5.74, 6) is 0.00837. The number of rotatable bonds is 7. The average molecular weight is 484 g/mol. The Morgan fingerprint density at radius 1 is 1.29 bits per heavy atom. The van der Waals surface area contributed by atoms with Crippen LogP contribution in [-0.4, -0.2) is 67.3 Å². The molecule has 3 aromatic rings. The standard InChI is InChI=1S/C22H25N7O4S/c1-33-11-18(32)28-5-2-13(3-6-28)4-7-29-21-19(20(24)25-12-26-21)27-22(29)34-17-9-16(31)15(30)8-14(17)10-23/h8-9,12-13,30-31H,2-7,11H2,1H3,(H2,24,25,26). The van der Waals surface area contributed by atoms with Crippen molar-refractivity contribution in [2.45, 2.75) is 35.9 Å². The van der Waals surface area contributed by atoms with E-state index < -0.39 is 0 Å². The molecule has 1 aliphatic rings. The van der Waals surface area contributed by atoms with Crippen LogP contribution in [0.25, 0.3) is 11.2 Å². The maximum absolute atomic E-state index is 12.0. The van der Waals surface area contributed by atoms with Gasteiger partial charge in [0.15, 0.2) is 33.6 Å². The third-order valence-corrected chi connectivity index (χ3v) is 6.97. The first-order chi connectivity index (χ1) is 16.4. The molecule has 1 amide bonds. The molecular formula is C22H25N7O4S. The number of amides is 1. The second kappa shape index (κ2) is 10.1. The summed E-state index contributed by atoms with van der Waals surface area (Å²) in [4.78, 5) is 27.3. The van der Waals surface area contributed by atoms with Crippen LogP contribution in [0.2, 0.25) is 0 Å². The summed E-state index contributed by atoms with van der Waals surface area (Å²) in [6.45, 7) is 2.11. The molecule has 2 aromatic heterocycles. The maximum Gasteiger partial charge on any atom is 0.248 e. The van der Waals surface area contributed by atoms with Crippen molar-refractivity contribution in [2.24, 2.45) is 5.92 Å². The number of ether oxygens (including phenoxy) is 1. The third kappa shape index (κ3) is 4.85. The molecule has 1 fully saturated rings. The summed E-state index contributed by atoms with van der Waals surface area (Å²) < 4.78 is 6.88. The molecular weight excluding hydrogens is 458 g/mol. The zero-order valence-electron chi connectivity index (χ0n) is 18.6. The number of aromatic nitrogens is 4. The van der Waals surface area contributed by atoms with E-state index in [2.05, 4.69) is 15.0 Å². The quantitative estimate of drug-likeness (QED) is 0.424. The Labute approximate surface area is 200 Å². The molecule has 0 saturated carbocycles. The molecule has 0 aliphatic carbocycles. The van der Waals surface area contributed by atoms with Crippen LogP contribution in [0.1, 0.15) is 24.8 Å². The van der Waals surface area contributed by atoms with Crippen molar-refractivity contribution >= 4 is 34.7 Å². The summed E-state index contributed by atoms with van der Waals surface area (Å²) >= 11 is 1.19. The molecule has 178 valence electrons. The number of aromatic hydroxyl groups is 2. The number of hydrogen-bond acceptors (Lipinski definition) is 10. The van der Waals surface area contributed by atoms with Crippen LogP contribution >= 0.6 is 11.8 Å². The lowest BCUT2D eigenvalue weighted by Crippen LogP contribution is -2.40. The van der Waals surface area contributed by atoms with Gasteiger partial charge in [0.25, 0.3) is 0 Å². The van der Waals surface area contributed by atoms with Crippen molar-refractivity contribution in [3.8, 4) is 17.6 Å². The Bertz CT molecular complexity index is 1250. The highest BCUT2D eigenvalue weighted by molar-refractivity contribution is 7.99. The van der Waals surface area contributed by atoms with E-state index in [1.165, 1.54) is 37.3 Å². The maximum atomic E-state index is 12.0. The molecule has 1 aromatic carbocycles. The molecule has 0 spiro atoms. The Morgan fingerprint density at radius 3 is 2.74 bits per heavy atom. The van der Waals surface area contributed by atoms with Crippen LogP contribution in [0.5, 0.6) is 11.5 Å². The van der Waals surface area contributed by atoms with Crippen molar-refractivity contribution < 1.29 is 19.7 Å². The molecule has 11 nitrogen and oxygen atoms in total. The van der Waals surface area contributed by atoms with E-state index in [4.69, 9.17) is 10.5 Å². The fourth-order valence-corrected chi connectivity index (χ4v) is 5.05. The molecule has 0 bridgehead atoms. The summed E-state index contributed by atoms with van der Waals surface area (Å²) in [5, 5.41) is 29.7. The van der Waals surface area contributed by atoms with E-state index in [1.54, 1.807) is 0 Å². The van der Waals surface area contributed by atoms with Gasteiger partial charge in [-0.25, -0.2) is 15.0 Å². The number of imidazole rings is 1. The minimum absolute atomic E-state index is 0.0119. The van der Waals surface area contributed by atoms with Crippen molar-refractivity contribution in [3.63, 3.8) is 0 Å². The first-order valence-electron chi connectivity index (χ1n) is 10.8. The van der Waals surface area contributed by atoms with Crippen molar-refractivity contribution in [2.75, 3.05) is 32.5 Å². The third-order valence-electron chi connectivity index (χ3n) is 5.92. The van der Waals surface area contributed by atoms with Gasteiger partial charge in [0.2, 0.25) is 5.91 Å². The molecule has 1 aliphatic heterocycles. The van der Waals surface area contributed by atoms with E-state index in [9.17, 15) is 20.3 Å². The first kappa shape index (κ1) is 23.6. The van der Waals surface area contributed by atoms with Gasteiger partial charge >= 0.3 is 0 Å². The minimum atomic E-state index is -0.361. The Balaban J connectivity index is 1.56. The van der Waals surface area contributed by atoms with E-state index in [1.807, 2.05) is 15.5 Å². The van der Waals surface area contributed by atoms with Gasteiger partial charge in [0, 0.05) is 37.7 Å². The number of carbonyl (C=O) groups excluding carboxylic acids is 1. The number of carbonyl (C=O) groups is 1. The monoisotopic (exact) mass is 483 g/mol. The fourth-order valence-electron chi connectivity index (χ4n) is 4.04. The molecule has 1 saturated heterocycles. The van der Waals surface area contributed by atoms with Gasteiger partial charge in [-0.1, -0.05) is 11.8 Å². The predicted octanol–water partition coefficient (Wildman–Crippen LogP) is 2.12. The summed E-state index contributed by atoms with van der Waals surface area (Å²) in [6.07, 6.45) is 4.02. The molecule has 0 unspecified atom stereocenters. The second-order valence-corrected chi connectivity index (χ2v) is 9.08. The SMILES string of the molecule is COCC(=O)N1CCC(CCn2c(Sc3cc(O)c(O)cc3C#N)nc3c(N)ncnc32)CC1. The molecule has 34 heavy (non-hydrogen) atoms. The number of aryl methyl sites for hydroxylation is 1. The molecule has 3 heterocycles. The van der Waals surface area contributed by atoms with Crippen LogP contribution in [-0.2, 0) is 16.1 Å². The van der Waals surface area contributed by atoms with Crippen molar-refractivity contribution in [1.82, 2.24) is 24.4 Å². The topological polar surface area (TPSA) is 163 Å². The number of fused-ring (bicyclic) bond motifs is 1. The fraction of sp³-hybridized carbons (Fsp3) is 0.409. The molecule has 4 N–H and O–H groups in total. The van der Waals surface area contributed by atoms with Crippen LogP contribution < -0.4 is 5.73 Å². The molecule has 0 atom stereocenters. The van der Waals surface area contributed by atoms with Crippen LogP contribution in [0.15, 0.2) is 28.5 Å². The number of nitrogens with zero attached hydrogens (tertiary/aromatic N) is 6. The minimum Gasteiger partial charge on any atom is -0.504 e. The highest BCUT2D eigenvalue weighted by Gasteiger charge is 2.24. The number of anilines is 1. The van der Waals surface area contributed by atoms with Gasteiger partial charge in [-0.3, -0.25) is 4.79 Å². The summed E-state index contributed by atoms with van der Waals surface area (Å²) in [7, 11) is 1.52.